The Balaban J connectivity index is 1.96. The number of fused-ring (bicyclic) bond motifs is 1. The second-order valence-corrected chi connectivity index (χ2v) is 6.35. The van der Waals surface area contributed by atoms with Crippen molar-refractivity contribution in [3.05, 3.63) is 53.6 Å². The highest BCUT2D eigenvalue weighted by molar-refractivity contribution is 6.11. The van der Waals surface area contributed by atoms with Crippen LogP contribution in [-0.2, 0) is 9.57 Å². The Morgan fingerprint density at radius 1 is 1.11 bits per heavy atom. The number of methoxy groups -OCH3 is 1. The first kappa shape index (κ1) is 19.7. The Bertz CT molecular complexity index is 913. The molecule has 1 aliphatic rings. The fourth-order valence-electron chi connectivity index (χ4n) is 2.88. The summed E-state index contributed by atoms with van der Waals surface area (Å²) in [5, 5.41) is 10.3. The van der Waals surface area contributed by atoms with Gasteiger partial charge in [0.15, 0.2) is 17.6 Å². The molecule has 1 heterocycles. The van der Waals surface area contributed by atoms with Crippen LogP contribution < -0.4 is 14.5 Å². The number of aromatic carboxylic acids is 1. The molecule has 8 nitrogen and oxygen atoms in total. The number of hydrogen-bond acceptors (Lipinski definition) is 6. The van der Waals surface area contributed by atoms with Crippen LogP contribution in [0.5, 0.6) is 11.5 Å². The number of carbonyl (C=O) groups excluding carboxylic acids is 1. The van der Waals surface area contributed by atoms with Crippen LogP contribution in [0.3, 0.4) is 0 Å². The van der Waals surface area contributed by atoms with E-state index in [0.717, 1.165) is 5.06 Å². The standard InChI is InChI=1S/C20H21NO7/c1-12-20(2,25-3)28-16-10-9-13(11-17(16)27-12)21(26-4)18(22)14-7-5-6-8-15(14)19(23)24/h5-12H,1-4H3,(H,23,24). The summed E-state index contributed by atoms with van der Waals surface area (Å²) in [6, 6.07) is 10.8. The van der Waals surface area contributed by atoms with E-state index in [4.69, 9.17) is 19.0 Å². The van der Waals surface area contributed by atoms with Crippen molar-refractivity contribution in [2.45, 2.75) is 25.7 Å². The van der Waals surface area contributed by atoms with Crippen LogP contribution in [-0.4, -0.2) is 43.1 Å². The van der Waals surface area contributed by atoms with E-state index in [0.29, 0.717) is 17.2 Å². The van der Waals surface area contributed by atoms with Gasteiger partial charge < -0.3 is 19.3 Å². The van der Waals surface area contributed by atoms with Gasteiger partial charge in [0.2, 0.25) is 5.79 Å². The Labute approximate surface area is 162 Å². The van der Waals surface area contributed by atoms with E-state index >= 15 is 0 Å². The number of hydrogen-bond donors (Lipinski definition) is 1. The summed E-state index contributed by atoms with van der Waals surface area (Å²) < 4.78 is 17.1. The Hall–Kier alpha value is -3.10. The van der Waals surface area contributed by atoms with Gasteiger partial charge in [-0.2, -0.15) is 5.06 Å². The maximum atomic E-state index is 12.9. The predicted octanol–water partition coefficient (Wildman–Crippen LogP) is 3.12. The highest BCUT2D eigenvalue weighted by atomic mass is 16.7. The van der Waals surface area contributed by atoms with Crippen molar-refractivity contribution in [3.8, 4) is 11.5 Å². The average Bonchev–Trinajstić information content (AvgIpc) is 2.69. The molecule has 0 aliphatic carbocycles. The summed E-state index contributed by atoms with van der Waals surface area (Å²) in [6.45, 7) is 3.57. The van der Waals surface area contributed by atoms with Gasteiger partial charge in [0.05, 0.1) is 23.9 Å². The molecule has 1 amide bonds. The Morgan fingerprint density at radius 2 is 1.79 bits per heavy atom. The van der Waals surface area contributed by atoms with E-state index in [1.54, 1.807) is 37.3 Å². The molecule has 8 heteroatoms. The fraction of sp³-hybridized carbons (Fsp3) is 0.300. The number of hydroxylamine groups is 1. The molecule has 28 heavy (non-hydrogen) atoms. The lowest BCUT2D eigenvalue weighted by Gasteiger charge is -2.39. The third-order valence-corrected chi connectivity index (χ3v) is 4.68. The summed E-state index contributed by atoms with van der Waals surface area (Å²) in [4.78, 5) is 29.6. The first-order chi connectivity index (χ1) is 13.3. The molecule has 148 valence electrons. The van der Waals surface area contributed by atoms with E-state index in [1.807, 2.05) is 6.92 Å². The lowest BCUT2D eigenvalue weighted by Crippen LogP contribution is -2.50. The molecule has 0 fully saturated rings. The maximum Gasteiger partial charge on any atom is 0.336 e. The van der Waals surface area contributed by atoms with Crippen LogP contribution >= 0.6 is 0 Å². The van der Waals surface area contributed by atoms with Crippen LogP contribution in [0.25, 0.3) is 0 Å². The van der Waals surface area contributed by atoms with Gasteiger partial charge in [-0.1, -0.05) is 12.1 Å². The summed E-state index contributed by atoms with van der Waals surface area (Å²) in [5.41, 5.74) is 0.256. The van der Waals surface area contributed by atoms with E-state index in [9.17, 15) is 14.7 Å². The quantitative estimate of drug-likeness (QED) is 0.788. The zero-order chi connectivity index (χ0) is 20.5. The molecule has 0 saturated heterocycles. The highest BCUT2D eigenvalue weighted by Gasteiger charge is 2.40. The molecule has 0 radical (unpaired) electrons. The maximum absolute atomic E-state index is 12.9. The molecule has 3 rings (SSSR count). The van der Waals surface area contributed by atoms with E-state index in [-0.39, 0.29) is 11.1 Å². The average molecular weight is 387 g/mol. The van der Waals surface area contributed by atoms with Crippen LogP contribution in [0.15, 0.2) is 42.5 Å². The molecule has 2 aromatic carbocycles. The van der Waals surface area contributed by atoms with Crippen molar-refractivity contribution in [1.29, 1.82) is 0 Å². The van der Waals surface area contributed by atoms with Gasteiger partial charge in [-0.3, -0.25) is 9.63 Å². The molecule has 2 aromatic rings. The van der Waals surface area contributed by atoms with E-state index < -0.39 is 23.8 Å². The number of anilines is 1. The van der Waals surface area contributed by atoms with Crippen molar-refractivity contribution in [2.75, 3.05) is 19.3 Å². The van der Waals surface area contributed by atoms with Gasteiger partial charge in [-0.15, -0.1) is 0 Å². The zero-order valence-electron chi connectivity index (χ0n) is 16.0. The molecule has 0 aromatic heterocycles. The number of benzene rings is 2. The lowest BCUT2D eigenvalue weighted by atomic mass is 10.1. The van der Waals surface area contributed by atoms with Crippen LogP contribution in [0.2, 0.25) is 0 Å². The van der Waals surface area contributed by atoms with Gasteiger partial charge in [-0.05, 0) is 31.2 Å². The monoisotopic (exact) mass is 387 g/mol. The molecule has 1 N–H and O–H groups in total. The number of carboxylic acid groups (broad SMARTS) is 1. The lowest BCUT2D eigenvalue weighted by molar-refractivity contribution is -0.213. The van der Waals surface area contributed by atoms with Crippen molar-refractivity contribution < 1.29 is 33.7 Å². The van der Waals surface area contributed by atoms with Crippen molar-refractivity contribution in [1.82, 2.24) is 0 Å². The largest absolute Gasteiger partial charge is 0.480 e. The third-order valence-electron chi connectivity index (χ3n) is 4.68. The molecule has 0 saturated carbocycles. The highest BCUT2D eigenvalue weighted by Crippen LogP contribution is 2.41. The van der Waals surface area contributed by atoms with Gasteiger partial charge in [0.1, 0.15) is 0 Å². The van der Waals surface area contributed by atoms with Gasteiger partial charge in [0, 0.05) is 20.1 Å². The molecule has 2 unspecified atom stereocenters. The predicted molar refractivity (Wildman–Crippen MR) is 99.8 cm³/mol. The molecular weight excluding hydrogens is 366 g/mol. The van der Waals surface area contributed by atoms with Crippen LogP contribution in [0.4, 0.5) is 5.69 Å². The van der Waals surface area contributed by atoms with Gasteiger partial charge in [0.25, 0.3) is 5.91 Å². The molecule has 0 spiro atoms. The fourth-order valence-corrected chi connectivity index (χ4v) is 2.88. The van der Waals surface area contributed by atoms with Crippen molar-refractivity contribution >= 4 is 17.6 Å². The molecular formula is C20H21NO7. The number of amides is 1. The molecule has 2 atom stereocenters. The second-order valence-electron chi connectivity index (χ2n) is 6.35. The molecule has 1 aliphatic heterocycles. The van der Waals surface area contributed by atoms with Crippen LogP contribution in [0, 0.1) is 0 Å². The van der Waals surface area contributed by atoms with Crippen LogP contribution in [0.1, 0.15) is 34.6 Å². The number of nitrogens with zero attached hydrogens (tertiary/aromatic N) is 1. The Morgan fingerprint density at radius 3 is 2.39 bits per heavy atom. The minimum atomic E-state index is -1.20. The van der Waals surface area contributed by atoms with E-state index in [1.165, 1.54) is 26.4 Å². The van der Waals surface area contributed by atoms with Gasteiger partial charge >= 0.3 is 5.97 Å². The number of rotatable bonds is 5. The first-order valence-corrected chi connectivity index (χ1v) is 8.56. The van der Waals surface area contributed by atoms with Gasteiger partial charge in [-0.25, -0.2) is 4.79 Å². The van der Waals surface area contributed by atoms with Crippen molar-refractivity contribution in [2.24, 2.45) is 0 Å². The minimum absolute atomic E-state index is 0.00654. The van der Waals surface area contributed by atoms with E-state index in [2.05, 4.69) is 0 Å². The third kappa shape index (κ3) is 3.39. The smallest absolute Gasteiger partial charge is 0.336 e. The topological polar surface area (TPSA) is 94.5 Å². The minimum Gasteiger partial charge on any atom is -0.480 e. The normalized spacial score (nSPS) is 20.5. The van der Waals surface area contributed by atoms with Crippen molar-refractivity contribution in [3.63, 3.8) is 0 Å². The summed E-state index contributed by atoms with van der Waals surface area (Å²) in [5.74, 6) is -1.88. The molecule has 0 bridgehead atoms. The summed E-state index contributed by atoms with van der Waals surface area (Å²) in [7, 11) is 2.85. The first-order valence-electron chi connectivity index (χ1n) is 8.56. The number of ether oxygens (including phenoxy) is 3. The second kappa shape index (κ2) is 7.49. The summed E-state index contributed by atoms with van der Waals surface area (Å²) >= 11 is 0. The zero-order valence-corrected chi connectivity index (χ0v) is 16.0. The number of carbonyl (C=O) groups is 2. The SMILES string of the molecule is CON(C(=O)c1ccccc1C(=O)O)c1ccc2c(c1)OC(C)C(C)(OC)O2. The Kier molecular flexibility index (Phi) is 5.26. The number of carboxylic acids is 1. The summed E-state index contributed by atoms with van der Waals surface area (Å²) in [6.07, 6.45) is -0.403.